The molecule has 3 nitrogen and oxygen atoms in total. The molecule has 0 aromatic heterocycles. The summed E-state index contributed by atoms with van der Waals surface area (Å²) < 4.78 is 0. The van der Waals surface area contributed by atoms with Crippen molar-refractivity contribution in [3.05, 3.63) is 0 Å². The van der Waals surface area contributed by atoms with E-state index in [0.29, 0.717) is 11.9 Å². The van der Waals surface area contributed by atoms with Crippen LogP contribution < -0.4 is 5.32 Å². The molecule has 2 atom stereocenters. The Morgan fingerprint density at radius 2 is 2.11 bits per heavy atom. The zero-order valence-electron chi connectivity index (χ0n) is 12.9. The van der Waals surface area contributed by atoms with Crippen LogP contribution in [0.1, 0.15) is 59.3 Å². The molecule has 1 aliphatic carbocycles. The first-order valence-electron chi connectivity index (χ1n) is 8.07. The molecule has 2 fully saturated rings. The second kappa shape index (κ2) is 6.25. The van der Waals surface area contributed by atoms with Gasteiger partial charge in [0.25, 0.3) is 0 Å². The number of amides is 1. The van der Waals surface area contributed by atoms with Crippen LogP contribution in [0, 0.1) is 11.3 Å². The molecule has 110 valence electrons. The standard InChI is InChI=1S/C16H30N2O/c1-4-10-17-13-7-6-11-18(12-13)15(19)14-8-5-9-16(14,2)3/h13-14,17H,4-12H2,1-3H3. The summed E-state index contributed by atoms with van der Waals surface area (Å²) >= 11 is 0. The first-order valence-corrected chi connectivity index (χ1v) is 8.07. The minimum absolute atomic E-state index is 0.209. The average molecular weight is 266 g/mol. The zero-order valence-corrected chi connectivity index (χ0v) is 12.9. The minimum atomic E-state index is 0.209. The lowest BCUT2D eigenvalue weighted by atomic mass is 9.81. The van der Waals surface area contributed by atoms with E-state index >= 15 is 0 Å². The third-order valence-corrected chi connectivity index (χ3v) is 4.97. The van der Waals surface area contributed by atoms with E-state index in [1.807, 2.05) is 0 Å². The number of carbonyl (C=O) groups is 1. The highest BCUT2D eigenvalue weighted by Gasteiger charge is 2.41. The maximum atomic E-state index is 12.7. The van der Waals surface area contributed by atoms with Gasteiger partial charge in [-0.25, -0.2) is 0 Å². The van der Waals surface area contributed by atoms with Gasteiger partial charge in [-0.2, -0.15) is 0 Å². The number of hydrogen-bond acceptors (Lipinski definition) is 2. The fourth-order valence-electron chi connectivity index (χ4n) is 3.70. The average Bonchev–Trinajstić information content (AvgIpc) is 2.75. The second-order valence-corrected chi connectivity index (χ2v) is 7.01. The van der Waals surface area contributed by atoms with Gasteiger partial charge in [0.15, 0.2) is 0 Å². The van der Waals surface area contributed by atoms with Crippen LogP contribution >= 0.6 is 0 Å². The van der Waals surface area contributed by atoms with Gasteiger partial charge < -0.3 is 10.2 Å². The summed E-state index contributed by atoms with van der Waals surface area (Å²) in [6.07, 6.45) is 7.05. The zero-order chi connectivity index (χ0) is 13.9. The van der Waals surface area contributed by atoms with Gasteiger partial charge in [-0.1, -0.05) is 27.2 Å². The lowest BCUT2D eigenvalue weighted by molar-refractivity contribution is -0.139. The summed E-state index contributed by atoms with van der Waals surface area (Å²) in [6.45, 7) is 9.68. The molecule has 1 saturated carbocycles. The van der Waals surface area contributed by atoms with Crippen LogP contribution in [-0.4, -0.2) is 36.5 Å². The molecular formula is C16H30N2O. The van der Waals surface area contributed by atoms with Gasteiger partial charge in [0.2, 0.25) is 5.91 Å². The van der Waals surface area contributed by atoms with Crippen LogP contribution in [-0.2, 0) is 4.79 Å². The molecule has 0 radical (unpaired) electrons. The normalized spacial score (nSPS) is 30.6. The number of piperidine rings is 1. The molecule has 19 heavy (non-hydrogen) atoms. The molecule has 0 aromatic carbocycles. The third kappa shape index (κ3) is 3.50. The molecule has 1 heterocycles. The van der Waals surface area contributed by atoms with E-state index in [1.54, 1.807) is 0 Å². The Kier molecular flexibility index (Phi) is 4.88. The van der Waals surface area contributed by atoms with Gasteiger partial charge in [0.05, 0.1) is 0 Å². The molecule has 0 aromatic rings. The smallest absolute Gasteiger partial charge is 0.226 e. The van der Waals surface area contributed by atoms with E-state index in [1.165, 1.54) is 25.7 Å². The molecule has 2 aliphatic rings. The molecule has 0 spiro atoms. The Labute approximate surface area is 118 Å². The van der Waals surface area contributed by atoms with Gasteiger partial charge >= 0.3 is 0 Å². The van der Waals surface area contributed by atoms with Crippen molar-refractivity contribution >= 4 is 5.91 Å². The molecule has 1 saturated heterocycles. The topological polar surface area (TPSA) is 32.3 Å². The van der Waals surface area contributed by atoms with E-state index in [-0.39, 0.29) is 11.3 Å². The summed E-state index contributed by atoms with van der Waals surface area (Å²) in [6, 6.07) is 0.516. The molecule has 2 rings (SSSR count). The maximum absolute atomic E-state index is 12.7. The van der Waals surface area contributed by atoms with Crippen LogP contribution in [0.2, 0.25) is 0 Å². The van der Waals surface area contributed by atoms with Crippen molar-refractivity contribution in [2.24, 2.45) is 11.3 Å². The Balaban J connectivity index is 1.91. The Hall–Kier alpha value is -0.570. The number of hydrogen-bond donors (Lipinski definition) is 1. The van der Waals surface area contributed by atoms with E-state index in [4.69, 9.17) is 0 Å². The second-order valence-electron chi connectivity index (χ2n) is 7.01. The molecule has 1 aliphatic heterocycles. The van der Waals surface area contributed by atoms with Crippen molar-refractivity contribution in [2.45, 2.75) is 65.3 Å². The van der Waals surface area contributed by atoms with Crippen LogP contribution in [0.5, 0.6) is 0 Å². The van der Waals surface area contributed by atoms with Crippen LogP contribution in [0.4, 0.5) is 0 Å². The first-order chi connectivity index (χ1) is 9.04. The summed E-state index contributed by atoms with van der Waals surface area (Å²) in [5.74, 6) is 0.683. The SMILES string of the molecule is CCCNC1CCCN(C(=O)C2CCCC2(C)C)C1. The maximum Gasteiger partial charge on any atom is 0.226 e. The predicted molar refractivity (Wildman–Crippen MR) is 79.0 cm³/mol. The van der Waals surface area contributed by atoms with Crippen LogP contribution in [0.3, 0.4) is 0 Å². The number of likely N-dealkylation sites (tertiary alicyclic amines) is 1. The van der Waals surface area contributed by atoms with Crippen molar-refractivity contribution in [3.8, 4) is 0 Å². The Morgan fingerprint density at radius 1 is 1.32 bits per heavy atom. The lowest BCUT2D eigenvalue weighted by Crippen LogP contribution is -2.50. The van der Waals surface area contributed by atoms with Crippen molar-refractivity contribution in [1.82, 2.24) is 10.2 Å². The van der Waals surface area contributed by atoms with Gasteiger partial charge in [-0.3, -0.25) is 4.79 Å². The number of rotatable bonds is 4. The van der Waals surface area contributed by atoms with E-state index in [9.17, 15) is 4.79 Å². The summed E-state index contributed by atoms with van der Waals surface area (Å²) in [5.41, 5.74) is 0.209. The number of nitrogens with one attached hydrogen (secondary N) is 1. The third-order valence-electron chi connectivity index (χ3n) is 4.97. The minimum Gasteiger partial charge on any atom is -0.341 e. The molecule has 2 unspecified atom stereocenters. The largest absolute Gasteiger partial charge is 0.341 e. The summed E-state index contributed by atoms with van der Waals surface area (Å²) in [5, 5.41) is 3.57. The lowest BCUT2D eigenvalue weighted by Gasteiger charge is -2.37. The quantitative estimate of drug-likeness (QED) is 0.848. The van der Waals surface area contributed by atoms with Gasteiger partial charge in [-0.05, 0) is 44.1 Å². The van der Waals surface area contributed by atoms with Crippen LogP contribution in [0.15, 0.2) is 0 Å². The Bertz CT molecular complexity index is 314. The number of carbonyl (C=O) groups excluding carboxylic acids is 1. The van der Waals surface area contributed by atoms with Crippen molar-refractivity contribution < 1.29 is 4.79 Å². The predicted octanol–water partition coefficient (Wildman–Crippen LogP) is 2.80. The fraction of sp³-hybridized carbons (Fsp3) is 0.938. The molecule has 0 bridgehead atoms. The molecule has 3 heteroatoms. The highest BCUT2D eigenvalue weighted by molar-refractivity contribution is 5.80. The van der Waals surface area contributed by atoms with Crippen LogP contribution in [0.25, 0.3) is 0 Å². The highest BCUT2D eigenvalue weighted by atomic mass is 16.2. The number of nitrogens with zero attached hydrogens (tertiary/aromatic N) is 1. The van der Waals surface area contributed by atoms with Gasteiger partial charge in [0, 0.05) is 25.0 Å². The summed E-state index contributed by atoms with van der Waals surface area (Å²) in [4.78, 5) is 14.9. The molecular weight excluding hydrogens is 236 g/mol. The Morgan fingerprint density at radius 3 is 2.74 bits per heavy atom. The van der Waals surface area contributed by atoms with Crippen molar-refractivity contribution in [3.63, 3.8) is 0 Å². The molecule has 1 amide bonds. The van der Waals surface area contributed by atoms with Crippen molar-refractivity contribution in [1.29, 1.82) is 0 Å². The first kappa shape index (κ1) is 14.8. The monoisotopic (exact) mass is 266 g/mol. The van der Waals surface area contributed by atoms with Gasteiger partial charge in [-0.15, -0.1) is 0 Å². The van der Waals surface area contributed by atoms with Crippen molar-refractivity contribution in [2.75, 3.05) is 19.6 Å². The highest BCUT2D eigenvalue weighted by Crippen LogP contribution is 2.43. The van der Waals surface area contributed by atoms with E-state index < -0.39 is 0 Å². The van der Waals surface area contributed by atoms with Gasteiger partial charge in [0.1, 0.15) is 0 Å². The fourth-order valence-corrected chi connectivity index (χ4v) is 3.70. The molecule has 1 N–H and O–H groups in total. The van der Waals surface area contributed by atoms with E-state index in [2.05, 4.69) is 31.0 Å². The van der Waals surface area contributed by atoms with E-state index in [0.717, 1.165) is 32.5 Å². The summed E-state index contributed by atoms with van der Waals surface area (Å²) in [7, 11) is 0.